The van der Waals surface area contributed by atoms with E-state index in [1.807, 2.05) is 55.4 Å². The minimum absolute atomic E-state index is 0.210. The van der Waals surface area contributed by atoms with Crippen LogP contribution in [0.1, 0.15) is 17.9 Å². The first-order chi connectivity index (χ1) is 14.7. The third-order valence-corrected chi connectivity index (χ3v) is 7.83. The van der Waals surface area contributed by atoms with Crippen molar-refractivity contribution < 1.29 is 18.7 Å². The number of aliphatic carboxylic acids is 1. The van der Waals surface area contributed by atoms with Gasteiger partial charge in [-0.15, -0.1) is 11.3 Å². The van der Waals surface area contributed by atoms with E-state index < -0.39 is 28.7 Å². The van der Waals surface area contributed by atoms with Crippen LogP contribution in [0.3, 0.4) is 0 Å². The van der Waals surface area contributed by atoms with Crippen molar-refractivity contribution in [1.29, 1.82) is 0 Å². The van der Waals surface area contributed by atoms with E-state index in [1.54, 1.807) is 24.3 Å². The average molecular weight is 476 g/mol. The number of rotatable bonds is 7. The van der Waals surface area contributed by atoms with E-state index in [9.17, 15) is 18.7 Å². The maximum absolute atomic E-state index is 12.4. The number of hydrogen-bond donors (Lipinski definition) is 1. The number of halogens is 1. The molecule has 0 aliphatic heterocycles. The average Bonchev–Trinajstić information content (AvgIpc) is 3.30. The minimum atomic E-state index is -2.76. The summed E-state index contributed by atoms with van der Waals surface area (Å²) in [5, 5.41) is 11.1. The van der Waals surface area contributed by atoms with Gasteiger partial charge in [0.25, 0.3) is 0 Å². The summed E-state index contributed by atoms with van der Waals surface area (Å²) in [6, 6.07) is 18.2. The fourth-order valence-electron chi connectivity index (χ4n) is 3.82. The SMILES string of the molecule is CN(C)c1cccc(C2CC2(C(=O)O)N(c2ccc(-c3ccc(Cl)cc3)s2)S(=O)[O-])c1. The van der Waals surface area contributed by atoms with Crippen molar-refractivity contribution in [2.24, 2.45) is 0 Å². The van der Waals surface area contributed by atoms with E-state index in [1.165, 1.54) is 11.3 Å². The molecule has 6 nitrogen and oxygen atoms in total. The van der Waals surface area contributed by atoms with Crippen LogP contribution in [0.2, 0.25) is 5.02 Å². The van der Waals surface area contributed by atoms with Crippen molar-refractivity contribution >= 4 is 50.9 Å². The molecule has 1 fully saturated rings. The Bertz CT molecular complexity index is 1150. The van der Waals surface area contributed by atoms with E-state index in [0.717, 1.165) is 26.0 Å². The van der Waals surface area contributed by atoms with E-state index in [0.29, 0.717) is 10.0 Å². The molecule has 1 heterocycles. The van der Waals surface area contributed by atoms with Crippen LogP contribution in [0.4, 0.5) is 10.7 Å². The van der Waals surface area contributed by atoms with Gasteiger partial charge >= 0.3 is 5.97 Å². The molecular weight excluding hydrogens is 456 g/mol. The third-order valence-electron chi connectivity index (χ3n) is 5.52. The van der Waals surface area contributed by atoms with Gasteiger partial charge in [-0.2, -0.15) is 0 Å². The second-order valence-corrected chi connectivity index (χ2v) is 9.93. The largest absolute Gasteiger partial charge is 0.755 e. The summed E-state index contributed by atoms with van der Waals surface area (Å²) in [5.41, 5.74) is 1.07. The number of carbonyl (C=O) groups is 1. The Morgan fingerprint density at radius 2 is 1.90 bits per heavy atom. The molecule has 162 valence electrons. The molecule has 0 radical (unpaired) electrons. The monoisotopic (exact) mass is 475 g/mol. The van der Waals surface area contributed by atoms with E-state index in [-0.39, 0.29) is 6.42 Å². The van der Waals surface area contributed by atoms with Gasteiger partial charge in [0.15, 0.2) is 5.54 Å². The van der Waals surface area contributed by atoms with Crippen LogP contribution in [0.25, 0.3) is 10.4 Å². The molecule has 1 saturated carbocycles. The Labute approximate surface area is 192 Å². The summed E-state index contributed by atoms with van der Waals surface area (Å²) in [6.45, 7) is 0. The molecule has 1 aliphatic carbocycles. The molecule has 2 aromatic carbocycles. The number of anilines is 2. The minimum Gasteiger partial charge on any atom is -0.755 e. The number of carboxylic acid groups (broad SMARTS) is 1. The van der Waals surface area contributed by atoms with E-state index >= 15 is 0 Å². The molecule has 1 N–H and O–H groups in total. The highest BCUT2D eigenvalue weighted by atomic mass is 35.5. The van der Waals surface area contributed by atoms with Crippen molar-refractivity contribution in [2.45, 2.75) is 17.9 Å². The van der Waals surface area contributed by atoms with Crippen molar-refractivity contribution in [1.82, 2.24) is 0 Å². The lowest BCUT2D eigenvalue weighted by atomic mass is 10.0. The van der Waals surface area contributed by atoms with Crippen LogP contribution in [0.5, 0.6) is 0 Å². The van der Waals surface area contributed by atoms with Crippen LogP contribution in [0.15, 0.2) is 60.7 Å². The molecule has 3 atom stereocenters. The summed E-state index contributed by atoms with van der Waals surface area (Å²) >= 11 is 4.43. The topological polar surface area (TPSA) is 83.9 Å². The van der Waals surface area contributed by atoms with Gasteiger partial charge < -0.3 is 14.6 Å². The van der Waals surface area contributed by atoms with Crippen molar-refractivity contribution in [3.8, 4) is 10.4 Å². The molecule has 0 saturated heterocycles. The van der Waals surface area contributed by atoms with Crippen LogP contribution in [0, 0.1) is 0 Å². The number of thiophene rings is 1. The van der Waals surface area contributed by atoms with Crippen LogP contribution in [-0.2, 0) is 16.1 Å². The summed E-state index contributed by atoms with van der Waals surface area (Å²) < 4.78 is 25.6. The Hall–Kier alpha value is -2.39. The van der Waals surface area contributed by atoms with Gasteiger partial charge in [-0.1, -0.05) is 35.9 Å². The molecule has 3 unspecified atom stereocenters. The summed E-state index contributed by atoms with van der Waals surface area (Å²) in [7, 11) is 3.80. The molecular formula is C22H20ClN2O4S2-. The lowest BCUT2D eigenvalue weighted by Crippen LogP contribution is -2.46. The zero-order valence-electron chi connectivity index (χ0n) is 16.8. The first-order valence-electron chi connectivity index (χ1n) is 9.50. The van der Waals surface area contributed by atoms with Gasteiger partial charge in [0.2, 0.25) is 0 Å². The normalized spacial score (nSPS) is 20.8. The van der Waals surface area contributed by atoms with Crippen LogP contribution in [-0.4, -0.2) is 39.5 Å². The summed E-state index contributed by atoms with van der Waals surface area (Å²) in [4.78, 5) is 15.1. The summed E-state index contributed by atoms with van der Waals surface area (Å²) in [5.74, 6) is -1.60. The Morgan fingerprint density at radius 1 is 1.19 bits per heavy atom. The molecule has 31 heavy (non-hydrogen) atoms. The van der Waals surface area contributed by atoms with Crippen molar-refractivity contribution in [3.05, 3.63) is 71.2 Å². The Morgan fingerprint density at radius 3 is 2.52 bits per heavy atom. The van der Waals surface area contributed by atoms with E-state index in [4.69, 9.17) is 11.6 Å². The fraction of sp³-hybridized carbons (Fsp3) is 0.227. The Balaban J connectivity index is 1.72. The molecule has 0 amide bonds. The summed E-state index contributed by atoms with van der Waals surface area (Å²) in [6.07, 6.45) is 0.210. The van der Waals surface area contributed by atoms with Crippen LogP contribution >= 0.6 is 22.9 Å². The molecule has 1 aromatic heterocycles. The van der Waals surface area contributed by atoms with Gasteiger partial charge in [0.05, 0.1) is 0 Å². The number of carboxylic acids is 1. The lowest BCUT2D eigenvalue weighted by Gasteiger charge is -2.32. The van der Waals surface area contributed by atoms with Gasteiger partial charge in [-0.3, -0.25) is 8.51 Å². The smallest absolute Gasteiger partial charge is 0.331 e. The van der Waals surface area contributed by atoms with Gasteiger partial charge in [0.1, 0.15) is 5.00 Å². The first kappa shape index (κ1) is 21.8. The highest BCUT2D eigenvalue weighted by Gasteiger charge is 2.66. The fourth-order valence-corrected chi connectivity index (χ4v) is 5.99. The van der Waals surface area contributed by atoms with Gasteiger partial charge in [-0.25, -0.2) is 4.79 Å². The second kappa shape index (κ2) is 8.27. The molecule has 4 rings (SSSR count). The maximum atomic E-state index is 12.4. The quantitative estimate of drug-likeness (QED) is 0.499. The predicted molar refractivity (Wildman–Crippen MR) is 125 cm³/mol. The molecule has 0 bridgehead atoms. The molecule has 0 spiro atoms. The van der Waals surface area contributed by atoms with Gasteiger partial charge in [0, 0.05) is 46.9 Å². The molecule has 1 aliphatic rings. The zero-order chi connectivity index (χ0) is 22.3. The number of nitrogens with zero attached hydrogens (tertiary/aromatic N) is 2. The second-order valence-electron chi connectivity index (χ2n) is 7.63. The zero-order valence-corrected chi connectivity index (χ0v) is 19.2. The van der Waals surface area contributed by atoms with Crippen LogP contribution < -0.4 is 9.21 Å². The lowest BCUT2D eigenvalue weighted by molar-refractivity contribution is -0.139. The highest BCUT2D eigenvalue weighted by Crippen LogP contribution is 2.58. The van der Waals surface area contributed by atoms with E-state index in [2.05, 4.69) is 0 Å². The molecule has 3 aromatic rings. The van der Waals surface area contributed by atoms with Crippen molar-refractivity contribution in [3.63, 3.8) is 0 Å². The maximum Gasteiger partial charge on any atom is 0.331 e. The highest BCUT2D eigenvalue weighted by molar-refractivity contribution is 7.81. The van der Waals surface area contributed by atoms with Gasteiger partial charge in [-0.05, 0) is 53.9 Å². The third kappa shape index (κ3) is 3.96. The predicted octanol–water partition coefficient (Wildman–Crippen LogP) is 4.75. The van der Waals surface area contributed by atoms with Crippen molar-refractivity contribution in [2.75, 3.05) is 23.3 Å². The Kier molecular flexibility index (Phi) is 5.83. The number of hydrogen-bond acceptors (Lipinski definition) is 5. The first-order valence-corrected chi connectivity index (χ1v) is 11.7. The number of benzene rings is 2. The standard InChI is InChI=1S/C22H21ClN2O4S2/c1-24(2)17-5-3-4-15(12-17)18-13-22(18,21(26)27)25(31(28)29)20-11-10-19(30-20)14-6-8-16(23)9-7-14/h3-12,18H,13H2,1-2H3,(H,26,27)(H,28,29)/p-1. The molecule has 9 heteroatoms.